The first-order valence-electron chi connectivity index (χ1n) is 7.90. The molecule has 2 heterocycles. The number of primary amides is 1. The quantitative estimate of drug-likeness (QED) is 0.782. The first-order valence-corrected chi connectivity index (χ1v) is 9.60. The van der Waals surface area contributed by atoms with Crippen LogP contribution in [-0.4, -0.2) is 24.4 Å². The number of esters is 1. The second-order valence-corrected chi connectivity index (χ2v) is 8.07. The summed E-state index contributed by atoms with van der Waals surface area (Å²) in [6, 6.07) is 3.36. The molecule has 1 aliphatic carbocycles. The minimum atomic E-state index is -0.544. The number of carbonyl (C=O) groups excluding carboxylic acids is 3. The van der Waals surface area contributed by atoms with Crippen LogP contribution in [0.5, 0.6) is 0 Å². The van der Waals surface area contributed by atoms with Crippen molar-refractivity contribution in [2.75, 3.05) is 11.9 Å². The molecule has 1 aliphatic rings. The highest BCUT2D eigenvalue weighted by atomic mass is 32.1. The maximum absolute atomic E-state index is 12.1. The molecule has 0 saturated heterocycles. The number of amides is 2. The fourth-order valence-electron chi connectivity index (χ4n) is 2.86. The highest BCUT2D eigenvalue weighted by Gasteiger charge is 2.27. The van der Waals surface area contributed by atoms with E-state index >= 15 is 0 Å². The number of anilines is 1. The Morgan fingerprint density at radius 3 is 2.88 bits per heavy atom. The zero-order valence-electron chi connectivity index (χ0n) is 13.7. The van der Waals surface area contributed by atoms with Crippen LogP contribution in [0.15, 0.2) is 17.5 Å². The van der Waals surface area contributed by atoms with Crippen molar-refractivity contribution < 1.29 is 19.1 Å². The number of nitrogens with two attached hydrogens (primary N) is 1. The molecule has 6 nitrogen and oxygen atoms in total. The van der Waals surface area contributed by atoms with Crippen molar-refractivity contribution in [3.8, 4) is 0 Å². The van der Waals surface area contributed by atoms with E-state index < -0.39 is 24.4 Å². The molecule has 0 radical (unpaired) electrons. The third kappa shape index (κ3) is 3.91. The lowest BCUT2D eigenvalue weighted by atomic mass is 9.88. The molecule has 2 amide bonds. The normalized spacial score (nSPS) is 16.1. The van der Waals surface area contributed by atoms with Gasteiger partial charge in [-0.3, -0.25) is 9.59 Å². The molecule has 0 aliphatic heterocycles. The van der Waals surface area contributed by atoms with Crippen LogP contribution in [0.3, 0.4) is 0 Å². The lowest BCUT2D eigenvalue weighted by molar-refractivity contribution is -0.119. The first-order chi connectivity index (χ1) is 12.0. The minimum absolute atomic E-state index is 0.393. The van der Waals surface area contributed by atoms with Gasteiger partial charge in [0.15, 0.2) is 6.61 Å². The monoisotopic (exact) mass is 378 g/mol. The van der Waals surface area contributed by atoms with Gasteiger partial charge in [-0.05, 0) is 42.2 Å². The van der Waals surface area contributed by atoms with Gasteiger partial charge in [0, 0.05) is 4.88 Å². The van der Waals surface area contributed by atoms with Gasteiger partial charge in [-0.25, -0.2) is 4.79 Å². The van der Waals surface area contributed by atoms with Crippen molar-refractivity contribution >= 4 is 45.5 Å². The van der Waals surface area contributed by atoms with Crippen molar-refractivity contribution in [1.29, 1.82) is 0 Å². The van der Waals surface area contributed by atoms with Crippen molar-refractivity contribution in [2.45, 2.75) is 26.2 Å². The lowest BCUT2D eigenvalue weighted by Gasteiger charge is -2.18. The van der Waals surface area contributed by atoms with Crippen LogP contribution in [0.25, 0.3) is 0 Å². The van der Waals surface area contributed by atoms with Crippen LogP contribution in [0.4, 0.5) is 5.00 Å². The maximum atomic E-state index is 12.1. The molecule has 2 aromatic rings. The van der Waals surface area contributed by atoms with E-state index in [4.69, 9.17) is 10.5 Å². The molecular formula is C17H18N2O4S2. The summed E-state index contributed by atoms with van der Waals surface area (Å²) in [6.07, 6.45) is 2.66. The highest BCUT2D eigenvalue weighted by molar-refractivity contribution is 7.17. The summed E-state index contributed by atoms with van der Waals surface area (Å²) in [5.41, 5.74) is 6.85. The van der Waals surface area contributed by atoms with Gasteiger partial charge in [-0.2, -0.15) is 0 Å². The van der Waals surface area contributed by atoms with Gasteiger partial charge >= 0.3 is 5.97 Å². The summed E-state index contributed by atoms with van der Waals surface area (Å²) in [5, 5.41) is 4.87. The van der Waals surface area contributed by atoms with Gasteiger partial charge in [0.05, 0.1) is 5.56 Å². The van der Waals surface area contributed by atoms with E-state index in [0.717, 1.165) is 29.7 Å². The summed E-state index contributed by atoms with van der Waals surface area (Å²) >= 11 is 2.63. The minimum Gasteiger partial charge on any atom is -0.451 e. The van der Waals surface area contributed by atoms with Crippen LogP contribution in [-0.2, 0) is 22.4 Å². The van der Waals surface area contributed by atoms with Crippen LogP contribution >= 0.6 is 22.7 Å². The molecule has 0 spiro atoms. The Morgan fingerprint density at radius 1 is 1.40 bits per heavy atom. The second kappa shape index (κ2) is 7.37. The van der Waals surface area contributed by atoms with Gasteiger partial charge in [0.2, 0.25) is 0 Å². The molecule has 0 saturated carbocycles. The summed E-state index contributed by atoms with van der Waals surface area (Å²) in [6.45, 7) is 1.75. The largest absolute Gasteiger partial charge is 0.451 e. The summed E-state index contributed by atoms with van der Waals surface area (Å²) in [4.78, 5) is 37.2. The number of thiophene rings is 2. The number of nitrogens with one attached hydrogen (secondary N) is 1. The highest BCUT2D eigenvalue weighted by Crippen LogP contribution is 2.39. The fourth-order valence-corrected chi connectivity index (χ4v) is 4.91. The smallest absolute Gasteiger partial charge is 0.348 e. The number of rotatable bonds is 5. The Hall–Kier alpha value is -2.19. The molecule has 3 N–H and O–H groups in total. The van der Waals surface area contributed by atoms with Crippen molar-refractivity contribution in [3.05, 3.63) is 38.4 Å². The van der Waals surface area contributed by atoms with E-state index in [9.17, 15) is 14.4 Å². The molecule has 0 bridgehead atoms. The summed E-state index contributed by atoms with van der Waals surface area (Å²) < 4.78 is 4.99. The molecule has 8 heteroatoms. The van der Waals surface area contributed by atoms with E-state index in [1.165, 1.54) is 22.7 Å². The number of carbonyl (C=O) groups is 3. The van der Waals surface area contributed by atoms with Crippen molar-refractivity contribution in [2.24, 2.45) is 11.7 Å². The average molecular weight is 378 g/mol. The topological polar surface area (TPSA) is 98.5 Å². The van der Waals surface area contributed by atoms with Gasteiger partial charge in [-0.15, -0.1) is 22.7 Å². The Bertz CT molecular complexity index is 811. The number of hydrogen-bond donors (Lipinski definition) is 2. The third-order valence-corrected chi connectivity index (χ3v) is 6.09. The Morgan fingerprint density at radius 2 is 2.20 bits per heavy atom. The zero-order valence-corrected chi connectivity index (χ0v) is 15.3. The van der Waals surface area contributed by atoms with E-state index in [0.29, 0.717) is 21.4 Å². The van der Waals surface area contributed by atoms with Gasteiger partial charge in [-0.1, -0.05) is 13.0 Å². The first kappa shape index (κ1) is 17.6. The van der Waals surface area contributed by atoms with Crippen LogP contribution in [0, 0.1) is 5.92 Å². The van der Waals surface area contributed by atoms with Gasteiger partial charge < -0.3 is 15.8 Å². The molecular weight excluding hydrogens is 360 g/mol. The predicted molar refractivity (Wildman–Crippen MR) is 97.3 cm³/mol. The number of ether oxygens (including phenoxy) is 1. The van der Waals surface area contributed by atoms with Crippen LogP contribution in [0.1, 0.15) is 43.8 Å². The van der Waals surface area contributed by atoms with Crippen molar-refractivity contribution in [1.82, 2.24) is 0 Å². The maximum Gasteiger partial charge on any atom is 0.348 e. The molecule has 0 unspecified atom stereocenters. The molecule has 2 aromatic heterocycles. The van der Waals surface area contributed by atoms with Gasteiger partial charge in [0.25, 0.3) is 11.8 Å². The molecule has 0 aromatic carbocycles. The van der Waals surface area contributed by atoms with E-state index in [1.807, 2.05) is 0 Å². The molecule has 25 heavy (non-hydrogen) atoms. The van der Waals surface area contributed by atoms with E-state index in [-0.39, 0.29) is 0 Å². The molecule has 1 atom stereocenters. The predicted octanol–water partition coefficient (Wildman–Crippen LogP) is 2.83. The van der Waals surface area contributed by atoms with Crippen molar-refractivity contribution in [3.63, 3.8) is 0 Å². The van der Waals surface area contributed by atoms with E-state index in [1.54, 1.807) is 17.5 Å². The van der Waals surface area contributed by atoms with Gasteiger partial charge in [0.1, 0.15) is 9.88 Å². The standard InChI is InChI=1S/C17H18N2O4S2/c1-9-4-5-10-12(7-9)25-16(14(10)15(18)21)19-13(20)8-23-17(22)11-3-2-6-24-11/h2-3,6,9H,4-5,7-8H2,1H3,(H2,18,21)(H,19,20)/t9-/m0/s1. The third-order valence-electron chi connectivity index (χ3n) is 4.07. The summed E-state index contributed by atoms with van der Waals surface area (Å²) in [7, 11) is 0. The average Bonchev–Trinajstić information content (AvgIpc) is 3.19. The number of fused-ring (bicyclic) bond motifs is 1. The Kier molecular flexibility index (Phi) is 5.19. The van der Waals surface area contributed by atoms with Crippen LogP contribution < -0.4 is 11.1 Å². The second-order valence-electron chi connectivity index (χ2n) is 6.02. The van der Waals surface area contributed by atoms with E-state index in [2.05, 4.69) is 12.2 Å². The lowest BCUT2D eigenvalue weighted by Crippen LogP contribution is -2.23. The molecule has 0 fully saturated rings. The molecule has 132 valence electrons. The molecule has 3 rings (SSSR count). The Balaban J connectivity index is 1.69. The number of hydrogen-bond acceptors (Lipinski definition) is 6. The zero-order chi connectivity index (χ0) is 18.0. The summed E-state index contributed by atoms with van der Waals surface area (Å²) in [5.74, 6) is -1.03. The SMILES string of the molecule is C[C@H]1CCc2c(sc(NC(=O)COC(=O)c3cccs3)c2C(N)=O)C1. The fraction of sp³-hybridized carbons (Fsp3) is 0.353. The van der Waals surface area contributed by atoms with Crippen LogP contribution in [0.2, 0.25) is 0 Å². The Labute approximate surface area is 153 Å².